The summed E-state index contributed by atoms with van der Waals surface area (Å²) in [5.41, 5.74) is -1.72. The van der Waals surface area contributed by atoms with E-state index in [9.17, 15) is 61.5 Å². The van der Waals surface area contributed by atoms with E-state index in [4.69, 9.17) is 61.4 Å². The van der Waals surface area contributed by atoms with Crippen molar-refractivity contribution in [3.05, 3.63) is 125 Å². The highest BCUT2D eigenvalue weighted by Gasteiger charge is 2.80. The molecule has 3 saturated carbocycles. The van der Waals surface area contributed by atoms with Crippen LogP contribution in [0.25, 0.3) is 0 Å². The number of nitrogens with zero attached hydrogens (tertiary/aromatic N) is 4. The van der Waals surface area contributed by atoms with Gasteiger partial charge in [-0.1, -0.05) is 114 Å². The summed E-state index contributed by atoms with van der Waals surface area (Å²) in [5.74, 6) is -1.06. The number of aliphatic hydroxyl groups is 1. The van der Waals surface area contributed by atoms with Crippen molar-refractivity contribution in [2.24, 2.45) is 40.4 Å². The Hall–Kier alpha value is -9.17. The minimum Gasteiger partial charge on any atom is -0.486 e. The number of carbonyl (C=O) groups is 10. The Morgan fingerprint density at radius 2 is 1.31 bits per heavy atom. The number of fused-ring (bicyclic) bond motifs is 10. The summed E-state index contributed by atoms with van der Waals surface area (Å²) in [6.45, 7) is 15.0. The van der Waals surface area contributed by atoms with Gasteiger partial charge in [-0.2, -0.15) is 8.42 Å². The summed E-state index contributed by atoms with van der Waals surface area (Å²) in [5, 5.41) is 29.7. The number of ketones is 6. The monoisotopic (exact) mass is 1950 g/mol. The molecule has 3 aromatic carbocycles. The van der Waals surface area contributed by atoms with Crippen LogP contribution in [0.4, 0.5) is 20.2 Å². The molecule has 4 fully saturated rings. The van der Waals surface area contributed by atoms with Crippen molar-refractivity contribution >= 4 is 79.8 Å². The van der Waals surface area contributed by atoms with Crippen molar-refractivity contribution in [1.82, 2.24) is 25.6 Å². The molecule has 1 saturated heterocycles. The van der Waals surface area contributed by atoms with E-state index in [0.29, 0.717) is 122 Å². The van der Waals surface area contributed by atoms with Crippen molar-refractivity contribution in [3.63, 3.8) is 0 Å². The molecular weight excluding hydrogens is 1810 g/mol. The lowest BCUT2D eigenvalue weighted by Gasteiger charge is -2.63. The lowest BCUT2D eigenvalue weighted by molar-refractivity contribution is -0.234. The third-order valence-corrected chi connectivity index (χ3v) is 28.2. The summed E-state index contributed by atoms with van der Waals surface area (Å²) < 4.78 is 138. The predicted molar refractivity (Wildman–Crippen MR) is 503 cm³/mol. The third-order valence-electron chi connectivity index (χ3n) is 27.4. The fraction of sp³-hybridized carbons (Fsp3) is 0.647. The summed E-state index contributed by atoms with van der Waals surface area (Å²) in [6.07, 6.45) is 4.93. The second-order valence-electron chi connectivity index (χ2n) is 37.5. The zero-order chi connectivity index (χ0) is 98.8. The second-order valence-corrected chi connectivity index (χ2v) is 39.1. The van der Waals surface area contributed by atoms with E-state index in [0.717, 1.165) is 59.8 Å². The van der Waals surface area contributed by atoms with Crippen molar-refractivity contribution < 1.29 is 132 Å². The summed E-state index contributed by atoms with van der Waals surface area (Å²) in [7, 11) is -4.10. The molecule has 1 aromatic heterocycles. The zero-order valence-electron chi connectivity index (χ0n) is 80.5. The number of rotatable bonds is 62. The van der Waals surface area contributed by atoms with Crippen molar-refractivity contribution in [3.8, 4) is 17.6 Å². The van der Waals surface area contributed by atoms with Crippen LogP contribution in [0.3, 0.4) is 0 Å². The number of allylic oxidation sites excluding steroid dienone is 4. The number of para-hydroxylation sites is 1. The minimum atomic E-state index is -4.10. The molecule has 0 bridgehead atoms. The lowest BCUT2D eigenvalue weighted by atomic mass is 9.44. The van der Waals surface area contributed by atoms with Gasteiger partial charge >= 0.3 is 0 Å². The van der Waals surface area contributed by atoms with E-state index in [2.05, 4.69) is 38.1 Å². The number of unbranched alkanes of at least 4 members (excludes halogenated alkanes) is 1. The van der Waals surface area contributed by atoms with Gasteiger partial charge in [-0.25, -0.2) is 13.5 Å². The van der Waals surface area contributed by atoms with Crippen LogP contribution in [0, 0.1) is 52.3 Å². The van der Waals surface area contributed by atoms with Crippen LogP contribution in [-0.4, -0.2) is 265 Å². The van der Waals surface area contributed by atoms with Gasteiger partial charge in [0.2, 0.25) is 29.4 Å². The third kappa shape index (κ3) is 30.0. The van der Waals surface area contributed by atoms with E-state index in [1.165, 1.54) is 19.1 Å². The highest BCUT2D eigenvalue weighted by atomic mass is 32.2. The largest absolute Gasteiger partial charge is 0.486 e. The molecule has 4 amide bonds. The molecule has 758 valence electrons. The number of nitrogens with one attached hydrogen (secondary N) is 3. The number of ether oxygens (including phenoxy) is 12. The normalized spacial score (nSPS) is 23.6. The van der Waals surface area contributed by atoms with E-state index < -0.39 is 140 Å². The molecule has 2 unspecified atom stereocenters. The van der Waals surface area contributed by atoms with Gasteiger partial charge < -0.3 is 82.8 Å². The summed E-state index contributed by atoms with van der Waals surface area (Å²) in [6, 6.07) is 20.5. The molecule has 14 atom stereocenters. The van der Waals surface area contributed by atoms with Crippen LogP contribution < -0.4 is 25.6 Å². The molecule has 7 aliphatic rings. The molecule has 3 heterocycles. The molecule has 11 rings (SSSR count). The lowest BCUT2D eigenvalue weighted by Crippen LogP contribution is -2.71. The predicted octanol–water partition coefficient (Wildman–Crippen LogP) is 11.1. The molecule has 36 heteroatoms. The Kier molecular flexibility index (Phi) is 42.4. The average molecular weight is 1950 g/mol. The molecule has 0 radical (unpaired) electrons. The number of benzene rings is 3. The van der Waals surface area contributed by atoms with Crippen LogP contribution in [0.5, 0.6) is 5.75 Å². The standard InChI is InChI=1S/C102H139F2N7O26S/c1-7-19-94-136-91-64-81-82-63-84(103)83-62-78(114)37-40-99(83,5)101(82,104)89(117)65-100(81,6)102(91,137-94)90(118)67-134-80-34-31-75(32-35-80)106-97(121)70(4)60-87(116)95(69(2)3)107-98(122)73(61-79(115)39-45-128-49-53-132-56-55-130-51-47-126-43-17-24-76(112)33-36-93(120)110-66-74-23-12-11-20-71(74)29-30-72-21-13-14-26-85(72)110)22-15-16-41-105-92(119)68-135-88-28-10-8-9-27-86-96(88)108-109-111(86)42-46-129-50-54-133-58-57-131-52-48-127-44-38-77(113)25-18-59-138(123,124)125/h11-14,20-21,23,26,31-32,34-35,37,40,62,69-70,73,81-82,84,88-89,91,94-95,117H,7-10,15-19,22,24-25,27-28,33,36,38-39,41-61,63-68H2,1-6H3,(H,105,119)(H,106,121)(H,107,122)(H,123,124,125)/t70-,73+,81+,82+,84+,88?,89+,91-,94?,95+,99+,100+,101+,102-/m1/s1. The fourth-order valence-corrected chi connectivity index (χ4v) is 20.5. The SMILES string of the molecule is CCCC1O[C@@H]2C[C@H]3[C@@H]4C[C@H](F)C5=CC(=O)C=C[C@]5(C)[C@@]4(F)[C@@H](O)C[C@]3(C)[C@]2(C(=O)COc2ccc(NC(=O)[C@H](C)CC(=O)[C@@H](NC(=O)[C@@H](CCCCNC(=O)COC3CCCCCc4c3nnn4CCOCCOCCOCCOCCC(=O)CCCS(=O)(=O)O)CC(=O)CCOCCOCCOCCOCCCC(=O)CCC(=O)N3Cc4ccccc4C#Cc4ccccc43)C(C)C)cc2)O1. The van der Waals surface area contributed by atoms with Crippen LogP contribution in [0.2, 0.25) is 0 Å². The zero-order valence-corrected chi connectivity index (χ0v) is 81.3. The van der Waals surface area contributed by atoms with Gasteiger partial charge in [0.05, 0.1) is 148 Å². The van der Waals surface area contributed by atoms with Gasteiger partial charge in [-0.3, -0.25) is 52.5 Å². The molecule has 5 N–H and O–H groups in total. The Morgan fingerprint density at radius 1 is 0.681 bits per heavy atom. The minimum absolute atomic E-state index is 0.00754. The number of aliphatic hydroxyl groups excluding tert-OH is 1. The number of amides is 4. The van der Waals surface area contributed by atoms with Gasteiger partial charge in [-0.05, 0) is 155 Å². The van der Waals surface area contributed by atoms with Gasteiger partial charge in [-0.15, -0.1) is 5.10 Å². The first kappa shape index (κ1) is 109. The number of aromatic nitrogens is 3. The number of anilines is 2. The van der Waals surface area contributed by atoms with Crippen LogP contribution in [0.1, 0.15) is 217 Å². The summed E-state index contributed by atoms with van der Waals surface area (Å²) >= 11 is 0. The molecule has 138 heavy (non-hydrogen) atoms. The maximum absolute atomic E-state index is 18.1. The van der Waals surface area contributed by atoms with Crippen molar-refractivity contribution in [1.29, 1.82) is 0 Å². The molecule has 2 aliphatic heterocycles. The van der Waals surface area contributed by atoms with Crippen LogP contribution in [-0.2, 0) is 130 Å². The maximum atomic E-state index is 18.1. The Balaban J connectivity index is 0.602. The molecule has 33 nitrogen and oxygen atoms in total. The van der Waals surface area contributed by atoms with E-state index >= 15 is 8.78 Å². The van der Waals surface area contributed by atoms with Crippen LogP contribution in [0.15, 0.2) is 96.6 Å². The van der Waals surface area contributed by atoms with E-state index in [1.54, 1.807) is 56.9 Å². The first-order valence-corrected chi connectivity index (χ1v) is 50.6. The molecular formula is C102H139F2N7O26S. The van der Waals surface area contributed by atoms with Gasteiger partial charge in [0.1, 0.15) is 54.3 Å². The Labute approximate surface area is 807 Å². The van der Waals surface area contributed by atoms with Crippen LogP contribution >= 0.6 is 0 Å². The quantitative estimate of drug-likeness (QED) is 0.0156. The molecule has 5 aliphatic carbocycles. The van der Waals surface area contributed by atoms with E-state index in [-0.39, 0.29) is 183 Å². The topological polar surface area (TPSA) is 426 Å². The number of hydrogen-bond acceptors (Lipinski definition) is 27. The first-order valence-electron chi connectivity index (χ1n) is 49.0. The number of carbonyl (C=O) groups excluding carboxylic acids is 10. The summed E-state index contributed by atoms with van der Waals surface area (Å²) in [4.78, 5) is 137. The smallest absolute Gasteiger partial charge is 0.264 e. The van der Waals surface area contributed by atoms with E-state index in [1.807, 2.05) is 60.1 Å². The average Bonchev–Trinajstić information content (AvgIpc) is 1.27. The Morgan fingerprint density at radius 3 is 1.99 bits per heavy atom. The second kappa shape index (κ2) is 53.6. The number of alkyl halides is 2. The fourth-order valence-electron chi connectivity index (χ4n) is 20.0. The highest BCUT2D eigenvalue weighted by Crippen LogP contribution is 2.72. The van der Waals surface area contributed by atoms with Gasteiger partial charge in [0, 0.05) is 110 Å². The maximum Gasteiger partial charge on any atom is 0.264 e. The number of halogens is 2. The van der Waals surface area contributed by atoms with Crippen molar-refractivity contribution in [2.45, 2.75) is 250 Å². The first-order chi connectivity index (χ1) is 66.4. The molecule has 0 spiro atoms. The number of hydrogen-bond donors (Lipinski definition) is 5. The highest BCUT2D eigenvalue weighted by molar-refractivity contribution is 7.85. The number of Topliss-reactive ketones (excluding diaryl/α,β-unsaturated/α-hetero) is 5. The van der Waals surface area contributed by atoms with Gasteiger partial charge in [0.25, 0.3) is 10.1 Å². The molecule has 4 aromatic rings. The Bertz CT molecular complexity index is 5000. The van der Waals surface area contributed by atoms with Crippen molar-refractivity contribution in [2.75, 3.05) is 141 Å². The van der Waals surface area contributed by atoms with Gasteiger partial charge in [0.15, 0.2) is 29.1 Å².